The van der Waals surface area contributed by atoms with Crippen molar-refractivity contribution in [3.8, 4) is 0 Å². The third-order valence-electron chi connectivity index (χ3n) is 4.91. The molecule has 0 aromatic heterocycles. The zero-order valence-electron chi connectivity index (χ0n) is 15.7. The van der Waals surface area contributed by atoms with Crippen molar-refractivity contribution in [2.75, 3.05) is 13.1 Å². The van der Waals surface area contributed by atoms with Crippen LogP contribution in [-0.4, -0.2) is 29.9 Å². The van der Waals surface area contributed by atoms with E-state index >= 15 is 0 Å². The van der Waals surface area contributed by atoms with E-state index in [0.29, 0.717) is 6.42 Å². The lowest BCUT2D eigenvalue weighted by Crippen LogP contribution is -2.44. The molecule has 3 N–H and O–H groups in total. The van der Waals surface area contributed by atoms with Crippen LogP contribution in [0.1, 0.15) is 36.4 Å². The second kappa shape index (κ2) is 12.0. The van der Waals surface area contributed by atoms with E-state index in [1.54, 1.807) is 0 Å². The third kappa shape index (κ3) is 7.40. The van der Waals surface area contributed by atoms with Gasteiger partial charge < -0.3 is 11.1 Å². The molecule has 2 aromatic carbocycles. The lowest BCUT2D eigenvalue weighted by molar-refractivity contribution is -0.122. The Balaban J connectivity index is 0.00000196. The topological polar surface area (TPSA) is 58.4 Å². The van der Waals surface area contributed by atoms with Crippen LogP contribution in [0, 0.1) is 5.82 Å². The molecule has 1 aliphatic rings. The largest absolute Gasteiger partial charge is 0.353 e. The fourth-order valence-electron chi connectivity index (χ4n) is 3.39. The molecule has 2 aromatic rings. The summed E-state index contributed by atoms with van der Waals surface area (Å²) in [5.74, 6) is -0.192. The number of likely N-dealkylation sites (tertiary alicyclic amines) is 1. The number of nitrogens with two attached hydrogens (primary N) is 1. The van der Waals surface area contributed by atoms with Gasteiger partial charge in [-0.05, 0) is 36.1 Å². The van der Waals surface area contributed by atoms with E-state index < -0.39 is 0 Å². The van der Waals surface area contributed by atoms with Crippen molar-refractivity contribution in [2.24, 2.45) is 5.73 Å². The van der Waals surface area contributed by atoms with Gasteiger partial charge in [-0.2, -0.15) is 0 Å². The average molecular weight is 428 g/mol. The minimum absolute atomic E-state index is 0. The minimum atomic E-state index is -0.269. The Morgan fingerprint density at radius 1 is 1.07 bits per heavy atom. The molecule has 1 aliphatic heterocycles. The zero-order chi connectivity index (χ0) is 18.4. The number of piperidine rings is 1. The summed E-state index contributed by atoms with van der Waals surface area (Å²) in [7, 11) is 0. The monoisotopic (exact) mass is 427 g/mol. The first kappa shape index (κ1) is 24.4. The molecule has 1 fully saturated rings. The number of carbonyl (C=O) groups is 1. The van der Waals surface area contributed by atoms with Gasteiger partial charge in [0.1, 0.15) is 5.82 Å². The van der Waals surface area contributed by atoms with E-state index in [9.17, 15) is 9.18 Å². The van der Waals surface area contributed by atoms with Crippen LogP contribution < -0.4 is 11.1 Å². The Kier molecular flexibility index (Phi) is 10.5. The maximum absolute atomic E-state index is 13.0. The fraction of sp³-hybridized carbons (Fsp3) is 0.381. The number of hydrogen-bond acceptors (Lipinski definition) is 3. The van der Waals surface area contributed by atoms with Crippen LogP contribution in [0.4, 0.5) is 4.39 Å². The second-order valence-corrected chi connectivity index (χ2v) is 6.97. The maximum atomic E-state index is 13.0. The summed E-state index contributed by atoms with van der Waals surface area (Å²) in [6.07, 6.45) is 2.15. The number of benzene rings is 2. The average Bonchev–Trinajstić information content (AvgIpc) is 2.66. The number of nitrogens with one attached hydrogen (secondary N) is 1. The number of nitrogens with zero attached hydrogens (tertiary/aromatic N) is 1. The summed E-state index contributed by atoms with van der Waals surface area (Å²) in [5, 5.41) is 3.12. The molecule has 0 saturated carbocycles. The minimum Gasteiger partial charge on any atom is -0.353 e. The van der Waals surface area contributed by atoms with Gasteiger partial charge in [0.05, 0.1) is 0 Å². The van der Waals surface area contributed by atoms with Crippen LogP contribution in [0.15, 0.2) is 54.6 Å². The predicted octanol–water partition coefficient (Wildman–Crippen LogP) is 3.84. The number of carbonyl (C=O) groups excluding carboxylic acids is 1. The van der Waals surface area contributed by atoms with Gasteiger partial charge in [-0.1, -0.05) is 42.5 Å². The number of hydrogen-bond donors (Lipinski definition) is 2. The summed E-state index contributed by atoms with van der Waals surface area (Å²) < 4.78 is 13.0. The molecule has 1 saturated heterocycles. The molecule has 3 rings (SSSR count). The van der Waals surface area contributed by atoms with Crippen LogP contribution >= 0.6 is 24.8 Å². The van der Waals surface area contributed by atoms with Crippen LogP contribution in [0.3, 0.4) is 0 Å². The SMILES string of the molecule is Cl.Cl.NC(CC(=O)NC1CCN(Cc2ccc(F)cc2)CC1)c1ccccc1. The van der Waals surface area contributed by atoms with E-state index in [4.69, 9.17) is 5.73 Å². The van der Waals surface area contributed by atoms with Crippen LogP contribution in [0.25, 0.3) is 0 Å². The maximum Gasteiger partial charge on any atom is 0.222 e. The standard InChI is InChI=1S/C21H26FN3O.2ClH/c22-18-8-6-16(7-9-18)15-25-12-10-19(11-13-25)24-21(26)14-20(23)17-4-2-1-3-5-17;;/h1-9,19-20H,10-15,23H2,(H,24,26);2*1H. The van der Waals surface area contributed by atoms with Crippen molar-refractivity contribution in [2.45, 2.75) is 37.9 Å². The van der Waals surface area contributed by atoms with E-state index in [1.807, 2.05) is 42.5 Å². The number of halogens is 3. The van der Waals surface area contributed by atoms with Gasteiger partial charge in [-0.15, -0.1) is 24.8 Å². The van der Waals surface area contributed by atoms with Crippen molar-refractivity contribution in [1.82, 2.24) is 10.2 Å². The van der Waals surface area contributed by atoms with E-state index in [-0.39, 0.29) is 48.6 Å². The molecule has 1 unspecified atom stereocenters. The third-order valence-corrected chi connectivity index (χ3v) is 4.91. The number of amides is 1. The highest BCUT2D eigenvalue weighted by molar-refractivity contribution is 5.85. The summed E-state index contributed by atoms with van der Waals surface area (Å²) >= 11 is 0. The summed E-state index contributed by atoms with van der Waals surface area (Å²) in [6.45, 7) is 2.67. The Hall–Kier alpha value is -1.66. The lowest BCUT2D eigenvalue weighted by atomic mass is 10.0. The number of rotatable bonds is 6. The van der Waals surface area contributed by atoms with Gasteiger partial charge in [0.2, 0.25) is 5.91 Å². The van der Waals surface area contributed by atoms with E-state index in [1.165, 1.54) is 12.1 Å². The van der Waals surface area contributed by atoms with Gasteiger partial charge in [0.25, 0.3) is 0 Å². The molecule has 154 valence electrons. The summed E-state index contributed by atoms with van der Waals surface area (Å²) in [6, 6.07) is 16.3. The van der Waals surface area contributed by atoms with Gasteiger partial charge in [0.15, 0.2) is 0 Å². The van der Waals surface area contributed by atoms with Gasteiger partial charge >= 0.3 is 0 Å². The van der Waals surface area contributed by atoms with Crippen LogP contribution in [0.5, 0.6) is 0 Å². The van der Waals surface area contributed by atoms with E-state index in [2.05, 4.69) is 10.2 Å². The molecule has 0 bridgehead atoms. The summed E-state index contributed by atoms with van der Waals surface area (Å²) in [5.41, 5.74) is 8.22. The smallest absolute Gasteiger partial charge is 0.222 e. The van der Waals surface area contributed by atoms with Gasteiger partial charge in [-0.3, -0.25) is 9.69 Å². The Morgan fingerprint density at radius 3 is 2.29 bits per heavy atom. The van der Waals surface area contributed by atoms with Crippen molar-refractivity contribution in [1.29, 1.82) is 0 Å². The highest BCUT2D eigenvalue weighted by atomic mass is 35.5. The molecule has 7 heteroatoms. The zero-order valence-corrected chi connectivity index (χ0v) is 17.4. The Morgan fingerprint density at radius 2 is 1.68 bits per heavy atom. The lowest BCUT2D eigenvalue weighted by Gasteiger charge is -2.32. The molecule has 1 heterocycles. The first-order chi connectivity index (χ1) is 12.6. The molecule has 1 atom stereocenters. The quantitative estimate of drug-likeness (QED) is 0.735. The normalized spacial score (nSPS) is 15.8. The Bertz CT molecular complexity index is 707. The van der Waals surface area contributed by atoms with Crippen LogP contribution in [0.2, 0.25) is 0 Å². The molecule has 0 spiro atoms. The highest BCUT2D eigenvalue weighted by Crippen LogP contribution is 2.16. The van der Waals surface area contributed by atoms with Crippen molar-refractivity contribution in [3.63, 3.8) is 0 Å². The molecular formula is C21H28Cl2FN3O. The van der Waals surface area contributed by atoms with Crippen molar-refractivity contribution in [3.05, 3.63) is 71.5 Å². The molecule has 1 amide bonds. The summed E-state index contributed by atoms with van der Waals surface area (Å²) in [4.78, 5) is 14.6. The second-order valence-electron chi connectivity index (χ2n) is 6.97. The molecule has 0 aliphatic carbocycles. The highest BCUT2D eigenvalue weighted by Gasteiger charge is 2.21. The first-order valence-electron chi connectivity index (χ1n) is 9.17. The van der Waals surface area contributed by atoms with Crippen LogP contribution in [-0.2, 0) is 11.3 Å². The van der Waals surface area contributed by atoms with Gasteiger partial charge in [0, 0.05) is 38.1 Å². The Labute approximate surface area is 178 Å². The van der Waals surface area contributed by atoms with Crippen molar-refractivity contribution < 1.29 is 9.18 Å². The van der Waals surface area contributed by atoms with Crippen molar-refractivity contribution >= 4 is 30.7 Å². The first-order valence-corrected chi connectivity index (χ1v) is 9.17. The molecule has 4 nitrogen and oxygen atoms in total. The molecule has 0 radical (unpaired) electrons. The van der Waals surface area contributed by atoms with Gasteiger partial charge in [-0.25, -0.2) is 4.39 Å². The predicted molar refractivity (Wildman–Crippen MR) is 115 cm³/mol. The molecule has 28 heavy (non-hydrogen) atoms. The molecular weight excluding hydrogens is 400 g/mol. The fourth-order valence-corrected chi connectivity index (χ4v) is 3.39. The van der Waals surface area contributed by atoms with E-state index in [0.717, 1.165) is 43.6 Å².